The van der Waals surface area contributed by atoms with E-state index in [1.807, 2.05) is 63.2 Å². The van der Waals surface area contributed by atoms with Crippen LogP contribution in [0.25, 0.3) is 16.6 Å². The number of imidazole rings is 1. The minimum Gasteiger partial charge on any atom is -0.486 e. The summed E-state index contributed by atoms with van der Waals surface area (Å²) in [4.78, 5) is 33.8. The molecule has 5 rings (SSSR count). The Kier molecular flexibility index (Phi) is 8.52. The van der Waals surface area contributed by atoms with E-state index in [0.29, 0.717) is 22.4 Å². The Morgan fingerprint density at radius 2 is 1.86 bits per heavy atom. The van der Waals surface area contributed by atoms with Crippen molar-refractivity contribution in [2.75, 3.05) is 0 Å². The Hall–Kier alpha value is -4.72. The van der Waals surface area contributed by atoms with Crippen LogP contribution in [-0.4, -0.2) is 20.3 Å². The highest BCUT2D eigenvalue weighted by atomic mass is 19.1. The van der Waals surface area contributed by atoms with Crippen LogP contribution in [0.5, 0.6) is 5.75 Å². The van der Waals surface area contributed by atoms with Crippen LogP contribution in [0.1, 0.15) is 71.7 Å². The molecule has 0 saturated heterocycles. The van der Waals surface area contributed by atoms with Gasteiger partial charge in [-0.15, -0.1) is 0 Å². The predicted molar refractivity (Wildman–Crippen MR) is 162 cm³/mol. The van der Waals surface area contributed by atoms with E-state index in [4.69, 9.17) is 4.74 Å². The lowest BCUT2D eigenvalue weighted by molar-refractivity contribution is 0.0944. The maximum atomic E-state index is 15.2. The van der Waals surface area contributed by atoms with Crippen LogP contribution in [0, 0.1) is 12.7 Å². The number of halogens is 1. The molecule has 0 spiro atoms. The van der Waals surface area contributed by atoms with Crippen molar-refractivity contribution >= 4 is 11.4 Å². The lowest BCUT2D eigenvalue weighted by Crippen LogP contribution is -2.29. The molecule has 0 aliphatic rings. The van der Waals surface area contributed by atoms with Crippen molar-refractivity contribution < 1.29 is 13.9 Å². The maximum Gasteiger partial charge on any atom is 0.268 e. The third-order valence-corrected chi connectivity index (χ3v) is 7.27. The summed E-state index contributed by atoms with van der Waals surface area (Å²) in [6.07, 6.45) is 3.25. The van der Waals surface area contributed by atoms with Gasteiger partial charge in [-0.05, 0) is 71.8 Å². The number of hydrogen-bond donors (Lipinski definition) is 2. The average molecular weight is 567 g/mol. The second-order valence-electron chi connectivity index (χ2n) is 10.8. The first-order chi connectivity index (χ1) is 20.2. The van der Waals surface area contributed by atoms with Crippen molar-refractivity contribution in [3.63, 3.8) is 0 Å². The fraction of sp³-hybridized carbons (Fsp3) is 0.265. The van der Waals surface area contributed by atoms with Crippen LogP contribution in [0.3, 0.4) is 0 Å². The number of pyridine rings is 2. The van der Waals surface area contributed by atoms with Crippen LogP contribution in [0.4, 0.5) is 4.39 Å². The van der Waals surface area contributed by atoms with Gasteiger partial charge >= 0.3 is 0 Å². The number of aryl methyl sites for hydroxylation is 2. The van der Waals surface area contributed by atoms with E-state index in [9.17, 15) is 9.59 Å². The Bertz CT molecular complexity index is 1790. The first kappa shape index (κ1) is 28.8. The van der Waals surface area contributed by atoms with Gasteiger partial charge in [0, 0.05) is 17.8 Å². The van der Waals surface area contributed by atoms with Gasteiger partial charge in [0.15, 0.2) is 11.6 Å². The van der Waals surface area contributed by atoms with Gasteiger partial charge in [-0.25, -0.2) is 9.37 Å². The molecule has 3 heterocycles. The van der Waals surface area contributed by atoms with Gasteiger partial charge < -0.3 is 15.0 Å². The zero-order valence-corrected chi connectivity index (χ0v) is 24.3. The molecule has 2 aromatic carbocycles. The standard InChI is InChI=1S/C34H35FN4O3/c1-5-9-25-14-22(4)38-33(40)27(25)18-36-34(41)30-17-26(16-29-32(21(2)3)37-20-39(29)30)24-12-13-31(28(35)15-24)42-19-23-10-7-6-8-11-23/h6-8,10-17,20-21H,5,9,18-19H2,1-4H3,(H,36,41)(H,38,40). The summed E-state index contributed by atoms with van der Waals surface area (Å²) in [6, 6.07) is 20.0. The Balaban J connectivity index is 1.47. The number of rotatable bonds is 10. The average Bonchev–Trinajstić information content (AvgIpc) is 3.40. The minimum atomic E-state index is -0.492. The first-order valence-electron chi connectivity index (χ1n) is 14.2. The molecule has 5 aromatic rings. The van der Waals surface area contributed by atoms with Crippen molar-refractivity contribution in [3.8, 4) is 16.9 Å². The molecule has 0 unspecified atom stereocenters. The number of amides is 1. The third-order valence-electron chi connectivity index (χ3n) is 7.27. The summed E-state index contributed by atoms with van der Waals surface area (Å²) in [5.74, 6) is -0.594. The number of benzene rings is 2. The number of ether oxygens (including phenoxy) is 1. The van der Waals surface area contributed by atoms with E-state index >= 15 is 4.39 Å². The van der Waals surface area contributed by atoms with Gasteiger partial charge in [0.05, 0.1) is 11.2 Å². The quantitative estimate of drug-likeness (QED) is 0.196. The summed E-state index contributed by atoms with van der Waals surface area (Å²) in [5.41, 5.74) is 6.20. The summed E-state index contributed by atoms with van der Waals surface area (Å²) in [6.45, 7) is 8.31. The second-order valence-corrected chi connectivity index (χ2v) is 10.8. The molecule has 0 bridgehead atoms. The summed E-state index contributed by atoms with van der Waals surface area (Å²) >= 11 is 0. The summed E-state index contributed by atoms with van der Waals surface area (Å²) < 4.78 is 22.6. The smallest absolute Gasteiger partial charge is 0.268 e. The molecular formula is C34H35FN4O3. The van der Waals surface area contributed by atoms with Crippen molar-refractivity contribution in [3.05, 3.63) is 123 Å². The molecule has 0 aliphatic heterocycles. The number of carbonyl (C=O) groups excluding carboxylic acids is 1. The highest BCUT2D eigenvalue weighted by molar-refractivity contribution is 5.95. The van der Waals surface area contributed by atoms with Crippen LogP contribution >= 0.6 is 0 Å². The van der Waals surface area contributed by atoms with Gasteiger partial charge in [-0.1, -0.05) is 63.6 Å². The third kappa shape index (κ3) is 6.12. The number of nitrogens with one attached hydrogen (secondary N) is 2. The fourth-order valence-electron chi connectivity index (χ4n) is 5.16. The van der Waals surface area contributed by atoms with Crippen molar-refractivity contribution in [1.82, 2.24) is 19.7 Å². The van der Waals surface area contributed by atoms with E-state index < -0.39 is 5.82 Å². The molecule has 7 nitrogen and oxygen atoms in total. The predicted octanol–water partition coefficient (Wildman–Crippen LogP) is 6.72. The largest absolute Gasteiger partial charge is 0.486 e. The monoisotopic (exact) mass is 566 g/mol. The molecule has 2 N–H and O–H groups in total. The van der Waals surface area contributed by atoms with E-state index in [1.54, 1.807) is 28.9 Å². The Morgan fingerprint density at radius 1 is 1.07 bits per heavy atom. The summed E-state index contributed by atoms with van der Waals surface area (Å²) in [5, 5.41) is 2.93. The zero-order chi connectivity index (χ0) is 29.8. The highest BCUT2D eigenvalue weighted by Gasteiger charge is 2.19. The number of H-pyrrole nitrogens is 1. The first-order valence-corrected chi connectivity index (χ1v) is 14.2. The molecule has 42 heavy (non-hydrogen) atoms. The van der Waals surface area contributed by atoms with E-state index in [2.05, 4.69) is 22.2 Å². The van der Waals surface area contributed by atoms with Gasteiger partial charge in [0.1, 0.15) is 18.6 Å². The minimum absolute atomic E-state index is 0.0866. The lowest BCUT2D eigenvalue weighted by atomic mass is 10.0. The van der Waals surface area contributed by atoms with Gasteiger partial charge in [0.2, 0.25) is 0 Å². The van der Waals surface area contributed by atoms with E-state index in [1.165, 1.54) is 6.07 Å². The molecule has 0 saturated carbocycles. The van der Waals surface area contributed by atoms with Crippen LogP contribution in [-0.2, 0) is 19.6 Å². The molecule has 0 fully saturated rings. The number of hydrogen-bond acceptors (Lipinski definition) is 4. The topological polar surface area (TPSA) is 88.5 Å². The molecular weight excluding hydrogens is 531 g/mol. The number of aromatic amines is 1. The molecule has 8 heteroatoms. The normalized spacial score (nSPS) is 11.3. The SMILES string of the molecule is CCCc1cc(C)[nH]c(=O)c1CNC(=O)c1cc(-c2ccc(OCc3ccccc3)c(F)c2)cc2c(C(C)C)ncn12. The lowest BCUT2D eigenvalue weighted by Gasteiger charge is -2.14. The molecule has 216 valence electrons. The molecule has 1 amide bonds. The van der Waals surface area contributed by atoms with Crippen molar-refractivity contribution in [2.45, 2.75) is 59.6 Å². The van der Waals surface area contributed by atoms with Crippen LogP contribution < -0.4 is 15.6 Å². The van der Waals surface area contributed by atoms with Crippen molar-refractivity contribution in [2.24, 2.45) is 0 Å². The van der Waals surface area contributed by atoms with Crippen LogP contribution in [0.15, 0.2) is 77.9 Å². The number of carbonyl (C=O) groups is 1. The maximum absolute atomic E-state index is 15.2. The number of nitrogens with zero attached hydrogens (tertiary/aromatic N) is 2. The van der Waals surface area contributed by atoms with Crippen molar-refractivity contribution in [1.29, 1.82) is 0 Å². The molecule has 0 aliphatic carbocycles. The van der Waals surface area contributed by atoms with Gasteiger partial charge in [-0.3, -0.25) is 14.0 Å². The zero-order valence-electron chi connectivity index (χ0n) is 24.3. The molecule has 3 aromatic heterocycles. The Labute approximate surface area is 244 Å². The highest BCUT2D eigenvalue weighted by Crippen LogP contribution is 2.30. The number of fused-ring (bicyclic) bond motifs is 1. The molecule has 0 radical (unpaired) electrons. The second kappa shape index (κ2) is 12.4. The Morgan fingerprint density at radius 3 is 2.57 bits per heavy atom. The van der Waals surface area contributed by atoms with Crippen LogP contribution in [0.2, 0.25) is 0 Å². The fourth-order valence-corrected chi connectivity index (χ4v) is 5.16. The number of aromatic nitrogens is 3. The summed E-state index contributed by atoms with van der Waals surface area (Å²) in [7, 11) is 0. The van der Waals surface area contributed by atoms with E-state index in [0.717, 1.165) is 40.9 Å². The van der Waals surface area contributed by atoms with Gasteiger partial charge in [-0.2, -0.15) is 0 Å². The van der Waals surface area contributed by atoms with E-state index in [-0.39, 0.29) is 36.3 Å². The van der Waals surface area contributed by atoms with Gasteiger partial charge in [0.25, 0.3) is 11.5 Å². The molecule has 0 atom stereocenters.